The molecule has 1 N–H and O–H groups in total. The Morgan fingerprint density at radius 2 is 2.19 bits per heavy atom. The average Bonchev–Trinajstić information content (AvgIpc) is 2.57. The number of hydrogen-bond donors (Lipinski definition) is 1. The van der Waals surface area contributed by atoms with Crippen molar-refractivity contribution in [1.29, 1.82) is 0 Å². The lowest BCUT2D eigenvalue weighted by Crippen LogP contribution is -2.46. The van der Waals surface area contributed by atoms with Crippen LogP contribution in [-0.2, 0) is 9.84 Å². The van der Waals surface area contributed by atoms with E-state index in [-0.39, 0.29) is 29.6 Å². The molecule has 1 fully saturated rings. The number of sulfone groups is 1. The molecular formula is C10H20N2O3S. The normalized spacial score (nSPS) is 25.1. The van der Waals surface area contributed by atoms with Gasteiger partial charge in [-0.1, -0.05) is 6.92 Å². The molecule has 0 aromatic heterocycles. The maximum absolute atomic E-state index is 11.7. The summed E-state index contributed by atoms with van der Waals surface area (Å²) in [6.45, 7) is 3.92. The predicted octanol–water partition coefficient (Wildman–Crippen LogP) is 0.613. The van der Waals surface area contributed by atoms with E-state index in [2.05, 4.69) is 5.32 Å². The minimum atomic E-state index is -2.93. The average molecular weight is 248 g/mol. The molecule has 94 valence electrons. The van der Waals surface area contributed by atoms with Gasteiger partial charge in [0.15, 0.2) is 9.84 Å². The van der Waals surface area contributed by atoms with Crippen LogP contribution in [0, 0.1) is 0 Å². The van der Waals surface area contributed by atoms with Gasteiger partial charge in [-0.15, -0.1) is 0 Å². The summed E-state index contributed by atoms with van der Waals surface area (Å²) < 4.78 is 22.6. The molecule has 0 spiro atoms. The number of amides is 2. The molecule has 2 unspecified atom stereocenters. The van der Waals surface area contributed by atoms with Gasteiger partial charge >= 0.3 is 6.03 Å². The monoisotopic (exact) mass is 248 g/mol. The van der Waals surface area contributed by atoms with Crippen LogP contribution in [0.5, 0.6) is 0 Å². The maximum atomic E-state index is 11.7. The first-order chi connectivity index (χ1) is 7.35. The van der Waals surface area contributed by atoms with Crippen molar-refractivity contribution in [2.24, 2.45) is 0 Å². The number of carbonyl (C=O) groups excluding carboxylic acids is 1. The smallest absolute Gasteiger partial charge is 0.317 e. The highest BCUT2D eigenvalue weighted by atomic mass is 32.2. The summed E-state index contributed by atoms with van der Waals surface area (Å²) in [5, 5.41) is 2.83. The molecule has 16 heavy (non-hydrogen) atoms. The highest BCUT2D eigenvalue weighted by molar-refractivity contribution is 7.91. The largest absolute Gasteiger partial charge is 0.336 e. The Labute approximate surface area is 97.1 Å². The van der Waals surface area contributed by atoms with E-state index >= 15 is 0 Å². The zero-order valence-electron chi connectivity index (χ0n) is 10.1. The summed E-state index contributed by atoms with van der Waals surface area (Å²) in [5.74, 6) is 0.288. The summed E-state index contributed by atoms with van der Waals surface area (Å²) in [6.07, 6.45) is 1.41. The van der Waals surface area contributed by atoms with Crippen molar-refractivity contribution in [3.63, 3.8) is 0 Å². The van der Waals surface area contributed by atoms with Gasteiger partial charge in [0.25, 0.3) is 0 Å². The van der Waals surface area contributed by atoms with E-state index in [0.29, 0.717) is 6.42 Å². The van der Waals surface area contributed by atoms with E-state index in [4.69, 9.17) is 0 Å². The van der Waals surface area contributed by atoms with Gasteiger partial charge in [-0.2, -0.15) is 0 Å². The fourth-order valence-electron chi connectivity index (χ4n) is 1.66. The summed E-state index contributed by atoms with van der Waals surface area (Å²) in [5.41, 5.74) is 0. The molecule has 2 atom stereocenters. The molecule has 1 aliphatic heterocycles. The molecule has 0 aromatic rings. The summed E-state index contributed by atoms with van der Waals surface area (Å²) in [6, 6.07) is -0.238. The maximum Gasteiger partial charge on any atom is 0.317 e. The minimum Gasteiger partial charge on any atom is -0.336 e. The van der Waals surface area contributed by atoms with Crippen molar-refractivity contribution in [3.8, 4) is 0 Å². The Morgan fingerprint density at radius 1 is 1.56 bits per heavy atom. The number of carbonyl (C=O) groups is 1. The van der Waals surface area contributed by atoms with E-state index in [9.17, 15) is 13.2 Å². The third-order valence-corrected chi connectivity index (χ3v) is 4.81. The molecule has 2 amide bonds. The zero-order chi connectivity index (χ0) is 12.3. The lowest BCUT2D eigenvalue weighted by molar-refractivity contribution is 0.191. The van der Waals surface area contributed by atoms with E-state index in [0.717, 1.165) is 6.42 Å². The molecule has 1 heterocycles. The number of nitrogens with one attached hydrogen (secondary N) is 1. The summed E-state index contributed by atoms with van der Waals surface area (Å²) in [4.78, 5) is 13.2. The molecule has 0 radical (unpaired) electrons. The van der Waals surface area contributed by atoms with Crippen LogP contribution in [0.1, 0.15) is 26.7 Å². The first-order valence-electron chi connectivity index (χ1n) is 5.59. The third-order valence-electron chi connectivity index (χ3n) is 3.06. The van der Waals surface area contributed by atoms with Crippen LogP contribution in [0.2, 0.25) is 0 Å². The van der Waals surface area contributed by atoms with E-state index < -0.39 is 9.84 Å². The van der Waals surface area contributed by atoms with Gasteiger partial charge in [-0.05, 0) is 19.8 Å². The lowest BCUT2D eigenvalue weighted by Gasteiger charge is -2.25. The Balaban J connectivity index is 2.52. The van der Waals surface area contributed by atoms with Crippen LogP contribution in [0.15, 0.2) is 0 Å². The van der Waals surface area contributed by atoms with Gasteiger partial charge in [0.05, 0.1) is 11.5 Å². The molecule has 0 saturated carbocycles. The fraction of sp³-hybridized carbons (Fsp3) is 0.900. The Bertz CT molecular complexity index is 353. The molecule has 1 aliphatic rings. The molecular weight excluding hydrogens is 228 g/mol. The number of hydrogen-bond acceptors (Lipinski definition) is 3. The van der Waals surface area contributed by atoms with Gasteiger partial charge in [0.2, 0.25) is 0 Å². The van der Waals surface area contributed by atoms with E-state index in [1.807, 2.05) is 13.8 Å². The number of nitrogens with zero attached hydrogens (tertiary/aromatic N) is 1. The first kappa shape index (κ1) is 13.3. The van der Waals surface area contributed by atoms with Crippen LogP contribution in [-0.4, -0.2) is 50.0 Å². The van der Waals surface area contributed by atoms with Gasteiger partial charge < -0.3 is 10.2 Å². The molecule has 6 heteroatoms. The predicted molar refractivity (Wildman–Crippen MR) is 63.1 cm³/mol. The van der Waals surface area contributed by atoms with E-state index in [1.54, 1.807) is 7.05 Å². The molecule has 1 saturated heterocycles. The van der Waals surface area contributed by atoms with Crippen LogP contribution in [0.3, 0.4) is 0 Å². The Morgan fingerprint density at radius 3 is 2.62 bits per heavy atom. The molecule has 0 aliphatic carbocycles. The van der Waals surface area contributed by atoms with Crippen molar-refractivity contribution in [3.05, 3.63) is 0 Å². The Hall–Kier alpha value is -0.780. The van der Waals surface area contributed by atoms with Gasteiger partial charge in [-0.3, -0.25) is 0 Å². The molecule has 1 rings (SSSR count). The first-order valence-corrected chi connectivity index (χ1v) is 7.41. The standard InChI is InChI=1S/C10H20N2O3S/c1-4-8(2)11-10(13)12(3)9-5-6-16(14,15)7-9/h8-9H,4-7H2,1-3H3,(H,11,13). The van der Waals surface area contributed by atoms with Crippen molar-refractivity contribution in [1.82, 2.24) is 10.2 Å². The third kappa shape index (κ3) is 3.37. The second kappa shape index (κ2) is 5.03. The molecule has 5 nitrogen and oxygen atoms in total. The van der Waals surface area contributed by atoms with Gasteiger partial charge in [0, 0.05) is 19.1 Å². The zero-order valence-corrected chi connectivity index (χ0v) is 10.9. The summed E-state index contributed by atoms with van der Waals surface area (Å²) in [7, 11) is -1.27. The van der Waals surface area contributed by atoms with Crippen molar-refractivity contribution in [2.75, 3.05) is 18.6 Å². The Kier molecular flexibility index (Phi) is 4.18. The van der Waals surface area contributed by atoms with Crippen molar-refractivity contribution >= 4 is 15.9 Å². The quantitative estimate of drug-likeness (QED) is 0.796. The second-order valence-corrected chi connectivity index (χ2v) is 6.66. The van der Waals surface area contributed by atoms with Crippen LogP contribution in [0.25, 0.3) is 0 Å². The van der Waals surface area contributed by atoms with Crippen molar-refractivity contribution in [2.45, 2.75) is 38.8 Å². The second-order valence-electron chi connectivity index (χ2n) is 4.43. The topological polar surface area (TPSA) is 66.5 Å². The molecule has 0 aromatic carbocycles. The highest BCUT2D eigenvalue weighted by Gasteiger charge is 2.32. The van der Waals surface area contributed by atoms with Crippen LogP contribution >= 0.6 is 0 Å². The van der Waals surface area contributed by atoms with Gasteiger partial charge in [-0.25, -0.2) is 13.2 Å². The fourth-order valence-corrected chi connectivity index (χ4v) is 3.44. The number of rotatable bonds is 3. The molecule has 0 bridgehead atoms. The van der Waals surface area contributed by atoms with Gasteiger partial charge in [0.1, 0.15) is 0 Å². The lowest BCUT2D eigenvalue weighted by atomic mass is 10.2. The highest BCUT2D eigenvalue weighted by Crippen LogP contribution is 2.16. The van der Waals surface area contributed by atoms with Crippen LogP contribution in [0.4, 0.5) is 4.79 Å². The number of urea groups is 1. The SMILES string of the molecule is CCC(C)NC(=O)N(C)C1CCS(=O)(=O)C1. The minimum absolute atomic E-state index is 0.0947. The van der Waals surface area contributed by atoms with E-state index in [1.165, 1.54) is 4.90 Å². The van der Waals surface area contributed by atoms with Crippen LogP contribution < -0.4 is 5.32 Å². The summed E-state index contributed by atoms with van der Waals surface area (Å²) >= 11 is 0. The van der Waals surface area contributed by atoms with Crippen molar-refractivity contribution < 1.29 is 13.2 Å².